The molecule has 24 heavy (non-hydrogen) atoms. The fraction of sp³-hybridized carbons (Fsp3) is 0.263. The van der Waals surface area contributed by atoms with Crippen LogP contribution in [0.3, 0.4) is 0 Å². The monoisotopic (exact) mass is 354 g/mol. The summed E-state index contributed by atoms with van der Waals surface area (Å²) >= 11 is 3.26. The molecule has 2 heterocycles. The standard InChI is InChI=1S/C19H18N2OS2/c22-18(10-15-12-24-19(20-15)14-8-9-23-11-14)21-17-7-3-5-13-4-1-2-6-16(13)17/h1-2,4,6,8-9,11-12,17H,3,5,7,10H2,(H,21,22)/t17-/m1/s1. The molecule has 5 heteroatoms. The number of hydrogen-bond acceptors (Lipinski definition) is 4. The maximum Gasteiger partial charge on any atom is 0.226 e. The molecule has 0 spiro atoms. The van der Waals surface area contributed by atoms with Gasteiger partial charge in [-0.05, 0) is 41.8 Å². The lowest BCUT2D eigenvalue weighted by molar-refractivity contribution is -0.121. The van der Waals surface area contributed by atoms with Gasteiger partial charge in [-0.2, -0.15) is 11.3 Å². The van der Waals surface area contributed by atoms with Gasteiger partial charge in [-0.15, -0.1) is 11.3 Å². The maximum atomic E-state index is 12.4. The molecule has 1 aromatic carbocycles. The van der Waals surface area contributed by atoms with Crippen molar-refractivity contribution in [3.8, 4) is 10.6 Å². The molecule has 2 aromatic heterocycles. The second-order valence-electron chi connectivity index (χ2n) is 6.04. The van der Waals surface area contributed by atoms with Crippen LogP contribution in [0.5, 0.6) is 0 Å². The summed E-state index contributed by atoms with van der Waals surface area (Å²) in [5.41, 5.74) is 4.62. The first kappa shape index (κ1) is 15.5. The van der Waals surface area contributed by atoms with Crippen molar-refractivity contribution in [2.45, 2.75) is 31.7 Å². The van der Waals surface area contributed by atoms with Gasteiger partial charge in [0.1, 0.15) is 5.01 Å². The normalized spacial score (nSPS) is 16.6. The van der Waals surface area contributed by atoms with Crippen molar-refractivity contribution in [2.75, 3.05) is 0 Å². The largest absolute Gasteiger partial charge is 0.349 e. The molecule has 0 aliphatic heterocycles. The van der Waals surface area contributed by atoms with Crippen molar-refractivity contribution in [2.24, 2.45) is 0 Å². The number of rotatable bonds is 4. The van der Waals surface area contributed by atoms with E-state index >= 15 is 0 Å². The Morgan fingerprint density at radius 3 is 3.04 bits per heavy atom. The van der Waals surface area contributed by atoms with Gasteiger partial charge < -0.3 is 5.32 Å². The highest BCUT2D eigenvalue weighted by atomic mass is 32.1. The summed E-state index contributed by atoms with van der Waals surface area (Å²) < 4.78 is 0. The third kappa shape index (κ3) is 3.28. The number of amides is 1. The van der Waals surface area contributed by atoms with E-state index in [4.69, 9.17) is 0 Å². The van der Waals surface area contributed by atoms with E-state index in [0.29, 0.717) is 6.42 Å². The average Bonchev–Trinajstić information content (AvgIpc) is 3.26. The highest BCUT2D eigenvalue weighted by Gasteiger charge is 2.21. The van der Waals surface area contributed by atoms with Crippen molar-refractivity contribution < 1.29 is 4.79 Å². The number of benzene rings is 1. The smallest absolute Gasteiger partial charge is 0.226 e. The van der Waals surface area contributed by atoms with E-state index in [1.165, 1.54) is 11.1 Å². The van der Waals surface area contributed by atoms with Crippen LogP contribution >= 0.6 is 22.7 Å². The van der Waals surface area contributed by atoms with Gasteiger partial charge >= 0.3 is 0 Å². The molecule has 3 nitrogen and oxygen atoms in total. The number of nitrogens with zero attached hydrogens (tertiary/aromatic N) is 1. The number of aromatic nitrogens is 1. The zero-order valence-corrected chi connectivity index (χ0v) is 14.8. The molecule has 1 amide bonds. The van der Waals surface area contributed by atoms with Crippen LogP contribution in [-0.4, -0.2) is 10.9 Å². The second kappa shape index (κ2) is 6.87. The van der Waals surface area contributed by atoms with Gasteiger partial charge in [0, 0.05) is 16.3 Å². The van der Waals surface area contributed by atoms with E-state index < -0.39 is 0 Å². The SMILES string of the molecule is O=C(Cc1csc(-c2ccsc2)n1)N[C@@H]1CCCc2ccccc21. The topological polar surface area (TPSA) is 42.0 Å². The lowest BCUT2D eigenvalue weighted by Gasteiger charge is -2.26. The average molecular weight is 355 g/mol. The van der Waals surface area contributed by atoms with Gasteiger partial charge in [-0.3, -0.25) is 4.79 Å². The first-order chi connectivity index (χ1) is 11.8. The molecule has 0 unspecified atom stereocenters. The Balaban J connectivity index is 1.43. The Morgan fingerprint density at radius 1 is 1.25 bits per heavy atom. The van der Waals surface area contributed by atoms with Gasteiger partial charge in [0.2, 0.25) is 5.91 Å². The number of carbonyl (C=O) groups is 1. The molecule has 0 saturated heterocycles. The molecule has 1 aliphatic rings. The number of nitrogens with one attached hydrogen (secondary N) is 1. The van der Waals surface area contributed by atoms with Gasteiger partial charge in [-0.25, -0.2) is 4.98 Å². The number of thiophene rings is 1. The number of thiazole rings is 1. The summed E-state index contributed by atoms with van der Waals surface area (Å²) in [6.07, 6.45) is 3.60. The zero-order chi connectivity index (χ0) is 16.4. The van der Waals surface area contributed by atoms with E-state index in [1.807, 2.05) is 10.8 Å². The van der Waals surface area contributed by atoms with Crippen LogP contribution < -0.4 is 5.32 Å². The zero-order valence-electron chi connectivity index (χ0n) is 13.2. The molecule has 0 fully saturated rings. The Morgan fingerprint density at radius 2 is 2.17 bits per heavy atom. The Hall–Kier alpha value is -1.98. The summed E-state index contributed by atoms with van der Waals surface area (Å²) in [5, 5.41) is 10.3. The quantitative estimate of drug-likeness (QED) is 0.743. The summed E-state index contributed by atoms with van der Waals surface area (Å²) in [6.45, 7) is 0. The third-order valence-electron chi connectivity index (χ3n) is 4.37. The fourth-order valence-corrected chi connectivity index (χ4v) is 4.75. The predicted molar refractivity (Wildman–Crippen MR) is 99.4 cm³/mol. The number of fused-ring (bicyclic) bond motifs is 1. The van der Waals surface area contributed by atoms with E-state index in [1.54, 1.807) is 22.7 Å². The highest BCUT2D eigenvalue weighted by molar-refractivity contribution is 7.14. The number of carbonyl (C=O) groups excluding carboxylic acids is 1. The van der Waals surface area contributed by atoms with E-state index in [2.05, 4.69) is 46.0 Å². The summed E-state index contributed by atoms with van der Waals surface area (Å²) in [6, 6.07) is 10.6. The first-order valence-electron chi connectivity index (χ1n) is 8.14. The van der Waals surface area contributed by atoms with Crippen LogP contribution in [-0.2, 0) is 17.6 Å². The van der Waals surface area contributed by atoms with E-state index in [9.17, 15) is 4.79 Å². The third-order valence-corrected chi connectivity index (χ3v) is 5.99. The molecule has 1 N–H and O–H groups in total. The van der Waals surface area contributed by atoms with Crippen molar-refractivity contribution in [1.82, 2.24) is 10.3 Å². The molecule has 0 bridgehead atoms. The van der Waals surface area contributed by atoms with Crippen LogP contribution in [0.1, 0.15) is 35.7 Å². The van der Waals surface area contributed by atoms with Crippen LogP contribution in [0.4, 0.5) is 0 Å². The molecular weight excluding hydrogens is 336 g/mol. The molecule has 4 rings (SSSR count). The first-order valence-corrected chi connectivity index (χ1v) is 9.96. The fourth-order valence-electron chi connectivity index (χ4n) is 3.22. The van der Waals surface area contributed by atoms with E-state index in [0.717, 1.165) is 35.5 Å². The van der Waals surface area contributed by atoms with Crippen molar-refractivity contribution in [3.05, 3.63) is 63.3 Å². The summed E-state index contributed by atoms with van der Waals surface area (Å²) in [7, 11) is 0. The van der Waals surface area contributed by atoms with Crippen molar-refractivity contribution in [1.29, 1.82) is 0 Å². The summed E-state index contributed by atoms with van der Waals surface area (Å²) in [5.74, 6) is 0.0545. The molecule has 0 saturated carbocycles. The van der Waals surface area contributed by atoms with E-state index in [-0.39, 0.29) is 11.9 Å². The van der Waals surface area contributed by atoms with Gasteiger partial charge in [0.05, 0.1) is 18.2 Å². The van der Waals surface area contributed by atoms with Crippen LogP contribution in [0.15, 0.2) is 46.5 Å². The summed E-state index contributed by atoms with van der Waals surface area (Å²) in [4.78, 5) is 17.0. The number of aryl methyl sites for hydroxylation is 1. The minimum atomic E-state index is 0.0545. The van der Waals surface area contributed by atoms with Crippen LogP contribution in [0.2, 0.25) is 0 Å². The molecule has 3 aromatic rings. The minimum Gasteiger partial charge on any atom is -0.349 e. The Labute approximate surface area is 149 Å². The Kier molecular flexibility index (Phi) is 4.45. The van der Waals surface area contributed by atoms with Gasteiger partial charge in [0.25, 0.3) is 0 Å². The van der Waals surface area contributed by atoms with Gasteiger partial charge in [0.15, 0.2) is 0 Å². The van der Waals surface area contributed by atoms with Crippen LogP contribution in [0, 0.1) is 0 Å². The second-order valence-corrected chi connectivity index (χ2v) is 7.68. The van der Waals surface area contributed by atoms with Gasteiger partial charge in [-0.1, -0.05) is 24.3 Å². The van der Waals surface area contributed by atoms with Crippen molar-refractivity contribution >= 4 is 28.6 Å². The lowest BCUT2D eigenvalue weighted by Crippen LogP contribution is -2.32. The number of hydrogen-bond donors (Lipinski definition) is 1. The maximum absolute atomic E-state index is 12.4. The minimum absolute atomic E-state index is 0.0545. The van der Waals surface area contributed by atoms with Crippen LogP contribution in [0.25, 0.3) is 10.6 Å². The lowest BCUT2D eigenvalue weighted by atomic mass is 9.87. The highest BCUT2D eigenvalue weighted by Crippen LogP contribution is 2.30. The molecule has 1 atom stereocenters. The Bertz CT molecular complexity index is 839. The molecule has 1 aliphatic carbocycles. The molecule has 122 valence electrons. The molecule has 0 radical (unpaired) electrons. The predicted octanol–water partition coefficient (Wildman–Crippen LogP) is 4.61. The molecular formula is C19H18N2OS2. The van der Waals surface area contributed by atoms with Crippen molar-refractivity contribution in [3.63, 3.8) is 0 Å².